The van der Waals surface area contributed by atoms with Crippen LogP contribution in [0.5, 0.6) is 0 Å². The molecule has 0 N–H and O–H groups in total. The van der Waals surface area contributed by atoms with Gasteiger partial charge in [0, 0.05) is 10.8 Å². The van der Waals surface area contributed by atoms with Crippen molar-refractivity contribution in [1.29, 1.82) is 0 Å². The highest BCUT2D eigenvalue weighted by Crippen LogP contribution is 2.56. The van der Waals surface area contributed by atoms with Crippen molar-refractivity contribution in [1.82, 2.24) is 0 Å². The van der Waals surface area contributed by atoms with Crippen molar-refractivity contribution in [2.24, 2.45) is 0 Å². The van der Waals surface area contributed by atoms with Crippen LogP contribution in [0.1, 0.15) is 49.9 Å². The van der Waals surface area contributed by atoms with E-state index in [9.17, 15) is 0 Å². The van der Waals surface area contributed by atoms with Gasteiger partial charge in [0.1, 0.15) is 0 Å². The van der Waals surface area contributed by atoms with Crippen LogP contribution >= 0.6 is 0 Å². The zero-order chi connectivity index (χ0) is 34.9. The van der Waals surface area contributed by atoms with Gasteiger partial charge in [-0.1, -0.05) is 167 Å². The van der Waals surface area contributed by atoms with Gasteiger partial charge >= 0.3 is 0 Å². The molecular formula is C52H38. The van der Waals surface area contributed by atoms with Crippen LogP contribution in [-0.2, 0) is 10.8 Å². The van der Waals surface area contributed by atoms with E-state index in [1.165, 1.54) is 110 Å². The van der Waals surface area contributed by atoms with Crippen LogP contribution in [0.15, 0.2) is 158 Å². The molecule has 0 nitrogen and oxygen atoms in total. The predicted octanol–water partition coefficient (Wildman–Crippen LogP) is 14.2. The van der Waals surface area contributed by atoms with E-state index in [0.29, 0.717) is 0 Å². The van der Waals surface area contributed by atoms with Crippen molar-refractivity contribution in [3.8, 4) is 55.6 Å². The molecule has 0 heterocycles. The summed E-state index contributed by atoms with van der Waals surface area (Å²) in [5.74, 6) is 0. The zero-order valence-corrected chi connectivity index (χ0v) is 30.0. The number of rotatable bonds is 3. The fourth-order valence-electron chi connectivity index (χ4n) is 9.87. The van der Waals surface area contributed by atoms with Gasteiger partial charge in [-0.05, 0) is 128 Å². The van der Waals surface area contributed by atoms with E-state index in [1.807, 2.05) is 0 Å². The third-order valence-corrected chi connectivity index (χ3v) is 12.7. The molecule has 9 aromatic rings. The molecule has 2 aliphatic carbocycles. The molecule has 0 saturated heterocycles. The van der Waals surface area contributed by atoms with Crippen molar-refractivity contribution >= 4 is 32.3 Å². The van der Waals surface area contributed by atoms with Crippen LogP contribution in [0.2, 0.25) is 0 Å². The van der Waals surface area contributed by atoms with Gasteiger partial charge in [0.05, 0.1) is 0 Å². The highest BCUT2D eigenvalue weighted by molar-refractivity contribution is 6.27. The summed E-state index contributed by atoms with van der Waals surface area (Å²) in [5.41, 5.74) is 18.8. The van der Waals surface area contributed by atoms with Crippen LogP contribution in [0, 0.1) is 0 Å². The summed E-state index contributed by atoms with van der Waals surface area (Å²) >= 11 is 0. The quantitative estimate of drug-likeness (QED) is 0.165. The molecule has 0 unspecified atom stereocenters. The average Bonchev–Trinajstić information content (AvgIpc) is 3.55. The zero-order valence-electron chi connectivity index (χ0n) is 30.0. The molecule has 0 atom stereocenters. The van der Waals surface area contributed by atoms with E-state index in [4.69, 9.17) is 0 Å². The summed E-state index contributed by atoms with van der Waals surface area (Å²) in [7, 11) is 0. The van der Waals surface area contributed by atoms with Crippen LogP contribution in [-0.4, -0.2) is 0 Å². The van der Waals surface area contributed by atoms with Crippen LogP contribution < -0.4 is 0 Å². The Labute approximate surface area is 305 Å². The monoisotopic (exact) mass is 662 g/mol. The predicted molar refractivity (Wildman–Crippen MR) is 222 cm³/mol. The van der Waals surface area contributed by atoms with Crippen molar-refractivity contribution in [2.45, 2.75) is 38.5 Å². The van der Waals surface area contributed by atoms with Gasteiger partial charge in [-0.25, -0.2) is 0 Å². The first-order valence-corrected chi connectivity index (χ1v) is 18.6. The van der Waals surface area contributed by atoms with Gasteiger partial charge in [0.2, 0.25) is 0 Å². The molecule has 0 aliphatic heterocycles. The number of benzene rings is 9. The Kier molecular flexibility index (Phi) is 5.89. The van der Waals surface area contributed by atoms with Gasteiger partial charge in [0.15, 0.2) is 0 Å². The second-order valence-electron chi connectivity index (χ2n) is 16.1. The Hall–Kier alpha value is -5.98. The van der Waals surface area contributed by atoms with E-state index >= 15 is 0 Å². The summed E-state index contributed by atoms with van der Waals surface area (Å²) in [6.07, 6.45) is 0. The minimum Gasteiger partial charge on any atom is -0.0622 e. The second kappa shape index (κ2) is 10.3. The topological polar surface area (TPSA) is 0 Å². The van der Waals surface area contributed by atoms with Gasteiger partial charge in [-0.2, -0.15) is 0 Å². The van der Waals surface area contributed by atoms with E-state index in [-0.39, 0.29) is 10.8 Å². The van der Waals surface area contributed by atoms with E-state index < -0.39 is 0 Å². The molecule has 2 aliphatic rings. The lowest BCUT2D eigenvalue weighted by Crippen LogP contribution is -2.17. The molecule has 52 heavy (non-hydrogen) atoms. The molecule has 0 aromatic heterocycles. The van der Waals surface area contributed by atoms with E-state index in [1.54, 1.807) is 0 Å². The van der Waals surface area contributed by atoms with Crippen LogP contribution in [0.4, 0.5) is 0 Å². The minimum absolute atomic E-state index is 0.00462. The van der Waals surface area contributed by atoms with Gasteiger partial charge < -0.3 is 0 Å². The fraction of sp³-hybridized carbons (Fsp3) is 0.115. The van der Waals surface area contributed by atoms with Crippen molar-refractivity contribution < 1.29 is 0 Å². The number of hydrogen-bond donors (Lipinski definition) is 0. The summed E-state index contributed by atoms with van der Waals surface area (Å²) in [6.45, 7) is 9.56. The van der Waals surface area contributed by atoms with E-state index in [0.717, 1.165) is 0 Å². The summed E-state index contributed by atoms with van der Waals surface area (Å²) in [6, 6.07) is 59.6. The first kappa shape index (κ1) is 29.7. The van der Waals surface area contributed by atoms with Crippen LogP contribution in [0.25, 0.3) is 88.0 Å². The molecule has 0 saturated carbocycles. The normalized spacial score (nSPS) is 14.8. The lowest BCUT2D eigenvalue weighted by molar-refractivity contribution is 0.652. The van der Waals surface area contributed by atoms with Gasteiger partial charge in [0.25, 0.3) is 0 Å². The Bertz CT molecular complexity index is 2920. The second-order valence-corrected chi connectivity index (χ2v) is 16.1. The third-order valence-electron chi connectivity index (χ3n) is 12.7. The molecule has 0 radical (unpaired) electrons. The molecule has 9 aromatic carbocycles. The number of hydrogen-bond acceptors (Lipinski definition) is 0. The molecule has 0 spiro atoms. The summed E-state index contributed by atoms with van der Waals surface area (Å²) in [4.78, 5) is 0. The maximum absolute atomic E-state index is 2.51. The first-order chi connectivity index (χ1) is 25.3. The van der Waals surface area contributed by atoms with Crippen molar-refractivity contribution in [3.63, 3.8) is 0 Å². The Morgan fingerprint density at radius 2 is 0.731 bits per heavy atom. The SMILES string of the molecule is CC1(C)c2ccccc2-c2cc3c(cc21)-c1ccc(-c2ccc(-c4ccc5ccc6c(-c7ccccc7)ccc7ccc4c5c76)cc2)cc1C3(C)C. The largest absolute Gasteiger partial charge is 0.0622 e. The Morgan fingerprint density at radius 3 is 1.37 bits per heavy atom. The third kappa shape index (κ3) is 3.93. The Morgan fingerprint density at radius 1 is 0.288 bits per heavy atom. The van der Waals surface area contributed by atoms with Crippen molar-refractivity contribution in [2.75, 3.05) is 0 Å². The highest BCUT2D eigenvalue weighted by atomic mass is 14.4. The maximum Gasteiger partial charge on any atom is 0.0159 e. The number of fused-ring (bicyclic) bond motifs is 6. The first-order valence-electron chi connectivity index (χ1n) is 18.6. The Balaban J connectivity index is 0.985. The molecule has 246 valence electrons. The lowest BCUT2D eigenvalue weighted by Gasteiger charge is -2.24. The molecule has 0 fully saturated rings. The smallest absolute Gasteiger partial charge is 0.0159 e. The highest BCUT2D eigenvalue weighted by Gasteiger charge is 2.41. The molecule has 0 heteroatoms. The fourth-order valence-corrected chi connectivity index (χ4v) is 9.87. The standard InChI is InChI=1S/C52H38/c1-51(2)45-13-9-8-12-39(45)43-29-48-44(30-47(43)51)40-25-22-36(28-46(40)52(48,3)4)31-14-16-33(17-15-31)38-24-19-35-20-26-41-37(32-10-6-5-7-11-32)23-18-34-21-27-42(38)50(35)49(34)41/h5-30H,1-4H3. The lowest BCUT2D eigenvalue weighted by atomic mass is 9.79. The maximum atomic E-state index is 2.51. The van der Waals surface area contributed by atoms with Gasteiger partial charge in [-0.15, -0.1) is 0 Å². The molecule has 0 bridgehead atoms. The van der Waals surface area contributed by atoms with Gasteiger partial charge in [-0.3, -0.25) is 0 Å². The van der Waals surface area contributed by atoms with E-state index in [2.05, 4.69) is 185 Å². The molecule has 0 amide bonds. The average molecular weight is 663 g/mol. The minimum atomic E-state index is -0.0839. The molecular weight excluding hydrogens is 625 g/mol. The van der Waals surface area contributed by atoms with Crippen LogP contribution in [0.3, 0.4) is 0 Å². The molecule has 11 rings (SSSR count). The summed E-state index contributed by atoms with van der Waals surface area (Å²) < 4.78 is 0. The summed E-state index contributed by atoms with van der Waals surface area (Å²) in [5, 5.41) is 7.91. The van der Waals surface area contributed by atoms with Crippen molar-refractivity contribution in [3.05, 3.63) is 180 Å².